The number of hydrogen-bond acceptors (Lipinski definition) is 4. The summed E-state index contributed by atoms with van der Waals surface area (Å²) in [5, 5.41) is 3.04. The maximum absolute atomic E-state index is 12.4. The predicted molar refractivity (Wildman–Crippen MR) is 110 cm³/mol. The van der Waals surface area contributed by atoms with Crippen LogP contribution in [0, 0.1) is 0 Å². The van der Waals surface area contributed by atoms with Crippen molar-refractivity contribution in [3.05, 3.63) is 53.9 Å². The van der Waals surface area contributed by atoms with Gasteiger partial charge in [-0.1, -0.05) is 25.1 Å². The van der Waals surface area contributed by atoms with E-state index in [2.05, 4.69) is 22.2 Å². The van der Waals surface area contributed by atoms with Crippen LogP contribution in [0.2, 0.25) is 0 Å². The number of carbonyl (C=O) groups excluding carboxylic acids is 1. The third-order valence-corrected chi connectivity index (χ3v) is 4.55. The Bertz CT molecular complexity index is 903. The summed E-state index contributed by atoms with van der Waals surface area (Å²) in [7, 11) is 1.62. The van der Waals surface area contributed by atoms with E-state index in [1.54, 1.807) is 7.11 Å². The molecule has 1 atom stereocenters. The summed E-state index contributed by atoms with van der Waals surface area (Å²) in [6.45, 7) is 4.66. The van der Waals surface area contributed by atoms with Crippen molar-refractivity contribution in [1.29, 1.82) is 0 Å². The molecular formula is C22H27N3O3. The molecule has 1 unspecified atom stereocenters. The molecule has 0 saturated carbocycles. The van der Waals surface area contributed by atoms with E-state index in [4.69, 9.17) is 9.47 Å². The summed E-state index contributed by atoms with van der Waals surface area (Å²) in [6, 6.07) is 13.5. The third kappa shape index (κ3) is 4.82. The van der Waals surface area contributed by atoms with E-state index in [1.807, 2.05) is 49.4 Å². The van der Waals surface area contributed by atoms with Crippen molar-refractivity contribution in [2.45, 2.75) is 39.2 Å². The van der Waals surface area contributed by atoms with Gasteiger partial charge in [0.2, 0.25) is 5.91 Å². The lowest BCUT2D eigenvalue weighted by Crippen LogP contribution is -2.27. The minimum absolute atomic E-state index is 0.0155. The van der Waals surface area contributed by atoms with Gasteiger partial charge < -0.3 is 19.8 Å². The lowest BCUT2D eigenvalue weighted by Gasteiger charge is -2.17. The molecule has 0 aliphatic carbocycles. The number of aromatic nitrogens is 2. The standard InChI is InChI=1S/C22H27N3O3/c1-4-13-28-19-10-9-16(14-20(19)27-3)15(2)23-22(26)12-11-21-24-17-7-5-6-8-18(17)25-21/h5-10,14-15H,4,11-13H2,1-3H3,(H,23,26)(H,24,25). The van der Waals surface area contributed by atoms with Crippen molar-refractivity contribution in [2.75, 3.05) is 13.7 Å². The van der Waals surface area contributed by atoms with Gasteiger partial charge in [0, 0.05) is 12.8 Å². The molecule has 0 saturated heterocycles. The topological polar surface area (TPSA) is 76.2 Å². The monoisotopic (exact) mass is 381 g/mol. The SMILES string of the molecule is CCCOc1ccc(C(C)NC(=O)CCc2nc3ccccc3[nH]2)cc1OC. The second kappa shape index (κ2) is 9.26. The quantitative estimate of drug-likeness (QED) is 0.583. The molecule has 2 N–H and O–H groups in total. The van der Waals surface area contributed by atoms with E-state index in [0.717, 1.165) is 34.6 Å². The van der Waals surface area contributed by atoms with Crippen molar-refractivity contribution < 1.29 is 14.3 Å². The molecule has 28 heavy (non-hydrogen) atoms. The number of para-hydroxylation sites is 2. The first-order valence-electron chi connectivity index (χ1n) is 9.64. The first-order chi connectivity index (χ1) is 13.6. The van der Waals surface area contributed by atoms with Crippen LogP contribution in [0.3, 0.4) is 0 Å². The number of nitrogens with one attached hydrogen (secondary N) is 2. The molecule has 0 aliphatic rings. The van der Waals surface area contributed by atoms with Crippen LogP contribution in [0.1, 0.15) is 44.1 Å². The number of benzene rings is 2. The zero-order valence-corrected chi connectivity index (χ0v) is 16.6. The number of fused-ring (bicyclic) bond motifs is 1. The molecule has 1 amide bonds. The number of hydrogen-bond donors (Lipinski definition) is 2. The molecule has 3 rings (SSSR count). The molecule has 3 aromatic rings. The maximum Gasteiger partial charge on any atom is 0.220 e. The van der Waals surface area contributed by atoms with Crippen molar-refractivity contribution in [3.8, 4) is 11.5 Å². The lowest BCUT2D eigenvalue weighted by atomic mass is 10.1. The predicted octanol–water partition coefficient (Wildman–Crippen LogP) is 4.17. The first-order valence-corrected chi connectivity index (χ1v) is 9.64. The number of imidazole rings is 1. The van der Waals surface area contributed by atoms with Gasteiger partial charge >= 0.3 is 0 Å². The maximum atomic E-state index is 12.4. The Morgan fingerprint density at radius 1 is 1.21 bits per heavy atom. The molecule has 2 aromatic carbocycles. The molecular weight excluding hydrogens is 354 g/mol. The molecule has 1 heterocycles. The van der Waals surface area contributed by atoms with Crippen LogP contribution >= 0.6 is 0 Å². The fourth-order valence-corrected chi connectivity index (χ4v) is 3.04. The van der Waals surface area contributed by atoms with Gasteiger partial charge in [-0.05, 0) is 43.2 Å². The lowest BCUT2D eigenvalue weighted by molar-refractivity contribution is -0.121. The van der Waals surface area contributed by atoms with Crippen LogP contribution in [-0.4, -0.2) is 29.6 Å². The van der Waals surface area contributed by atoms with Gasteiger partial charge in [-0.25, -0.2) is 4.98 Å². The molecule has 0 aliphatic heterocycles. The Labute approximate surface area is 165 Å². The van der Waals surface area contributed by atoms with Crippen LogP contribution in [0.25, 0.3) is 11.0 Å². The average molecular weight is 381 g/mol. The molecule has 0 radical (unpaired) electrons. The fraction of sp³-hybridized carbons (Fsp3) is 0.364. The number of methoxy groups -OCH3 is 1. The number of rotatable bonds is 9. The molecule has 0 spiro atoms. The third-order valence-electron chi connectivity index (χ3n) is 4.55. The van der Waals surface area contributed by atoms with Gasteiger partial charge in [-0.3, -0.25) is 4.79 Å². The Morgan fingerprint density at radius 3 is 2.79 bits per heavy atom. The number of ether oxygens (including phenoxy) is 2. The average Bonchev–Trinajstić information content (AvgIpc) is 3.13. The molecule has 6 nitrogen and oxygen atoms in total. The number of aromatic amines is 1. The van der Waals surface area contributed by atoms with E-state index in [1.165, 1.54) is 0 Å². The van der Waals surface area contributed by atoms with E-state index in [0.29, 0.717) is 25.2 Å². The molecule has 6 heteroatoms. The number of carbonyl (C=O) groups is 1. The van der Waals surface area contributed by atoms with Gasteiger partial charge in [0.1, 0.15) is 5.82 Å². The molecule has 1 aromatic heterocycles. The van der Waals surface area contributed by atoms with E-state index in [9.17, 15) is 4.79 Å². The highest BCUT2D eigenvalue weighted by molar-refractivity contribution is 5.77. The van der Waals surface area contributed by atoms with Gasteiger partial charge in [-0.15, -0.1) is 0 Å². The summed E-state index contributed by atoms with van der Waals surface area (Å²) in [5.41, 5.74) is 2.88. The second-order valence-corrected chi connectivity index (χ2v) is 6.75. The Balaban J connectivity index is 1.57. The zero-order chi connectivity index (χ0) is 19.9. The largest absolute Gasteiger partial charge is 0.493 e. The second-order valence-electron chi connectivity index (χ2n) is 6.75. The number of H-pyrrole nitrogens is 1. The Morgan fingerprint density at radius 2 is 2.04 bits per heavy atom. The van der Waals surface area contributed by atoms with Crippen LogP contribution in [0.15, 0.2) is 42.5 Å². The Hall–Kier alpha value is -3.02. The summed E-state index contributed by atoms with van der Waals surface area (Å²) in [6.07, 6.45) is 1.88. The molecule has 0 fully saturated rings. The zero-order valence-electron chi connectivity index (χ0n) is 16.6. The van der Waals surface area contributed by atoms with E-state index >= 15 is 0 Å². The van der Waals surface area contributed by atoms with Crippen LogP contribution in [0.4, 0.5) is 0 Å². The molecule has 0 bridgehead atoms. The molecule has 148 valence electrons. The first kappa shape index (κ1) is 19.7. The van der Waals surface area contributed by atoms with Gasteiger partial charge in [-0.2, -0.15) is 0 Å². The normalized spacial score (nSPS) is 12.0. The minimum atomic E-state index is -0.128. The number of amides is 1. The van der Waals surface area contributed by atoms with Crippen molar-refractivity contribution in [1.82, 2.24) is 15.3 Å². The van der Waals surface area contributed by atoms with Gasteiger partial charge in [0.15, 0.2) is 11.5 Å². The van der Waals surface area contributed by atoms with Crippen LogP contribution < -0.4 is 14.8 Å². The summed E-state index contributed by atoms with van der Waals surface area (Å²) < 4.78 is 11.1. The number of nitrogens with zero attached hydrogens (tertiary/aromatic N) is 1. The van der Waals surface area contributed by atoms with E-state index in [-0.39, 0.29) is 11.9 Å². The summed E-state index contributed by atoms with van der Waals surface area (Å²) in [5.74, 6) is 2.20. The van der Waals surface area contributed by atoms with Gasteiger partial charge in [0.05, 0.1) is 30.8 Å². The van der Waals surface area contributed by atoms with Gasteiger partial charge in [0.25, 0.3) is 0 Å². The van der Waals surface area contributed by atoms with Crippen molar-refractivity contribution in [3.63, 3.8) is 0 Å². The summed E-state index contributed by atoms with van der Waals surface area (Å²) >= 11 is 0. The van der Waals surface area contributed by atoms with Crippen LogP contribution in [0.5, 0.6) is 11.5 Å². The minimum Gasteiger partial charge on any atom is -0.493 e. The Kier molecular flexibility index (Phi) is 6.53. The fourth-order valence-electron chi connectivity index (χ4n) is 3.04. The van der Waals surface area contributed by atoms with Crippen molar-refractivity contribution in [2.24, 2.45) is 0 Å². The number of aryl methyl sites for hydroxylation is 1. The highest BCUT2D eigenvalue weighted by atomic mass is 16.5. The summed E-state index contributed by atoms with van der Waals surface area (Å²) in [4.78, 5) is 20.1. The highest BCUT2D eigenvalue weighted by Crippen LogP contribution is 2.30. The van der Waals surface area contributed by atoms with E-state index < -0.39 is 0 Å². The highest BCUT2D eigenvalue weighted by Gasteiger charge is 2.14. The smallest absolute Gasteiger partial charge is 0.220 e. The van der Waals surface area contributed by atoms with Crippen LogP contribution in [-0.2, 0) is 11.2 Å². The van der Waals surface area contributed by atoms with Crippen molar-refractivity contribution >= 4 is 16.9 Å².